The first-order chi connectivity index (χ1) is 10.8. The summed E-state index contributed by atoms with van der Waals surface area (Å²) in [6.45, 7) is 4.55. The van der Waals surface area contributed by atoms with Crippen molar-refractivity contribution in [3.8, 4) is 0 Å². The molecule has 22 heavy (non-hydrogen) atoms. The van der Waals surface area contributed by atoms with Gasteiger partial charge in [0.05, 0.1) is 11.6 Å². The molecule has 1 aliphatic carbocycles. The molecule has 3 heterocycles. The standard InChI is InChI=1S/C15H18ClN5O/c16-12-3-4-13(17-9-12)21-7-5-20(6-8-21)10-14-18-19-15(22-14)11-1-2-11/h3-4,9,11H,1-2,5-8,10H2. The van der Waals surface area contributed by atoms with Gasteiger partial charge in [-0.25, -0.2) is 4.98 Å². The molecule has 7 heteroatoms. The maximum atomic E-state index is 5.88. The van der Waals surface area contributed by atoms with Crippen LogP contribution in [0.25, 0.3) is 0 Å². The Morgan fingerprint density at radius 3 is 2.64 bits per heavy atom. The zero-order valence-electron chi connectivity index (χ0n) is 12.3. The monoisotopic (exact) mass is 319 g/mol. The van der Waals surface area contributed by atoms with E-state index in [1.165, 1.54) is 12.8 Å². The smallest absolute Gasteiger partial charge is 0.230 e. The normalized spacial score (nSPS) is 19.6. The van der Waals surface area contributed by atoms with Crippen molar-refractivity contribution in [2.45, 2.75) is 25.3 Å². The van der Waals surface area contributed by atoms with Gasteiger partial charge >= 0.3 is 0 Å². The maximum absolute atomic E-state index is 5.88. The number of anilines is 1. The number of hydrogen-bond donors (Lipinski definition) is 0. The van der Waals surface area contributed by atoms with Gasteiger partial charge in [-0.1, -0.05) is 11.6 Å². The van der Waals surface area contributed by atoms with E-state index in [4.69, 9.17) is 16.0 Å². The van der Waals surface area contributed by atoms with Crippen molar-refractivity contribution in [2.24, 2.45) is 0 Å². The van der Waals surface area contributed by atoms with Crippen molar-refractivity contribution < 1.29 is 4.42 Å². The Morgan fingerprint density at radius 1 is 1.14 bits per heavy atom. The zero-order chi connectivity index (χ0) is 14.9. The third kappa shape index (κ3) is 3.08. The van der Waals surface area contributed by atoms with Gasteiger partial charge in [0.1, 0.15) is 5.82 Å². The summed E-state index contributed by atoms with van der Waals surface area (Å²) in [4.78, 5) is 8.99. The number of rotatable bonds is 4. The number of pyridine rings is 1. The molecule has 0 spiro atoms. The first kappa shape index (κ1) is 14.0. The fourth-order valence-corrected chi connectivity index (χ4v) is 2.82. The van der Waals surface area contributed by atoms with Crippen LogP contribution in [0, 0.1) is 0 Å². The maximum Gasteiger partial charge on any atom is 0.230 e. The fourth-order valence-electron chi connectivity index (χ4n) is 2.71. The van der Waals surface area contributed by atoms with Crippen LogP contribution in [-0.4, -0.2) is 46.3 Å². The lowest BCUT2D eigenvalue weighted by Gasteiger charge is -2.34. The molecule has 6 nitrogen and oxygen atoms in total. The van der Waals surface area contributed by atoms with Crippen molar-refractivity contribution in [2.75, 3.05) is 31.1 Å². The van der Waals surface area contributed by atoms with E-state index in [1.54, 1.807) is 6.20 Å². The summed E-state index contributed by atoms with van der Waals surface area (Å²) in [5.74, 6) is 3.06. The minimum absolute atomic E-state index is 0.522. The predicted octanol–water partition coefficient (Wildman–Crippen LogP) is 2.32. The van der Waals surface area contributed by atoms with Crippen molar-refractivity contribution in [1.29, 1.82) is 0 Å². The van der Waals surface area contributed by atoms with Crippen LogP contribution in [0.3, 0.4) is 0 Å². The van der Waals surface area contributed by atoms with Crippen LogP contribution >= 0.6 is 11.6 Å². The van der Waals surface area contributed by atoms with E-state index < -0.39 is 0 Å². The Hall–Kier alpha value is -1.66. The molecule has 0 unspecified atom stereocenters. The third-order valence-electron chi connectivity index (χ3n) is 4.18. The van der Waals surface area contributed by atoms with Crippen molar-refractivity contribution in [3.63, 3.8) is 0 Å². The number of halogens is 1. The van der Waals surface area contributed by atoms with Gasteiger partial charge in [0, 0.05) is 38.3 Å². The molecule has 2 aliphatic rings. The SMILES string of the molecule is Clc1ccc(N2CCN(Cc3nnc(C4CC4)o3)CC2)nc1. The van der Waals surface area contributed by atoms with Crippen LogP contribution < -0.4 is 4.90 Å². The van der Waals surface area contributed by atoms with Gasteiger partial charge in [-0.2, -0.15) is 0 Å². The molecule has 2 fully saturated rings. The highest BCUT2D eigenvalue weighted by atomic mass is 35.5. The number of aromatic nitrogens is 3. The summed E-state index contributed by atoms with van der Waals surface area (Å²) in [6, 6.07) is 3.85. The highest BCUT2D eigenvalue weighted by Crippen LogP contribution is 2.39. The Labute approximate surface area is 134 Å². The molecule has 4 rings (SSSR count). The quantitative estimate of drug-likeness (QED) is 0.862. The lowest BCUT2D eigenvalue weighted by molar-refractivity contribution is 0.223. The second-order valence-corrected chi connectivity index (χ2v) is 6.34. The van der Waals surface area contributed by atoms with E-state index >= 15 is 0 Å². The molecule has 0 radical (unpaired) electrons. The minimum atomic E-state index is 0.522. The summed E-state index contributed by atoms with van der Waals surface area (Å²) in [5.41, 5.74) is 0. The average Bonchev–Trinajstić information content (AvgIpc) is 3.29. The first-order valence-electron chi connectivity index (χ1n) is 7.69. The number of piperazine rings is 1. The average molecular weight is 320 g/mol. The summed E-state index contributed by atoms with van der Waals surface area (Å²) in [7, 11) is 0. The largest absolute Gasteiger partial charge is 0.424 e. The van der Waals surface area contributed by atoms with Crippen LogP contribution in [0.15, 0.2) is 22.7 Å². The minimum Gasteiger partial charge on any atom is -0.424 e. The molecule has 2 aromatic rings. The molecular weight excluding hydrogens is 302 g/mol. The summed E-state index contributed by atoms with van der Waals surface area (Å²) in [5, 5.41) is 8.97. The molecule has 1 aliphatic heterocycles. The van der Waals surface area contributed by atoms with Gasteiger partial charge < -0.3 is 9.32 Å². The van der Waals surface area contributed by atoms with Crippen LogP contribution in [0.2, 0.25) is 5.02 Å². The lowest BCUT2D eigenvalue weighted by atomic mass is 10.3. The second-order valence-electron chi connectivity index (χ2n) is 5.91. The molecule has 1 saturated heterocycles. The van der Waals surface area contributed by atoms with Gasteiger partial charge in [0.2, 0.25) is 11.8 Å². The Bertz CT molecular complexity index is 632. The van der Waals surface area contributed by atoms with Gasteiger partial charge in [0.15, 0.2) is 0 Å². The van der Waals surface area contributed by atoms with Crippen molar-refractivity contribution >= 4 is 17.4 Å². The van der Waals surface area contributed by atoms with Gasteiger partial charge in [-0.05, 0) is 25.0 Å². The molecule has 0 bridgehead atoms. The topological polar surface area (TPSA) is 58.3 Å². The zero-order valence-corrected chi connectivity index (χ0v) is 13.0. The number of nitrogens with zero attached hydrogens (tertiary/aromatic N) is 5. The van der Waals surface area contributed by atoms with Crippen LogP contribution in [-0.2, 0) is 6.54 Å². The van der Waals surface area contributed by atoms with E-state index in [1.807, 2.05) is 12.1 Å². The highest BCUT2D eigenvalue weighted by Gasteiger charge is 2.29. The molecule has 0 N–H and O–H groups in total. The van der Waals surface area contributed by atoms with E-state index in [0.29, 0.717) is 10.9 Å². The lowest BCUT2D eigenvalue weighted by Crippen LogP contribution is -2.46. The molecule has 116 valence electrons. The Morgan fingerprint density at radius 2 is 1.95 bits per heavy atom. The second kappa shape index (κ2) is 5.85. The molecular formula is C15H18ClN5O. The van der Waals surface area contributed by atoms with Crippen LogP contribution in [0.1, 0.15) is 30.5 Å². The Kier molecular flexibility index (Phi) is 3.72. The van der Waals surface area contributed by atoms with E-state index in [9.17, 15) is 0 Å². The van der Waals surface area contributed by atoms with Crippen LogP contribution in [0.4, 0.5) is 5.82 Å². The van der Waals surface area contributed by atoms with Gasteiger partial charge in [-0.15, -0.1) is 10.2 Å². The van der Waals surface area contributed by atoms with Gasteiger partial charge in [-0.3, -0.25) is 4.90 Å². The molecule has 1 saturated carbocycles. The molecule has 0 aromatic carbocycles. The summed E-state index contributed by atoms with van der Waals surface area (Å²) in [6.07, 6.45) is 4.07. The van der Waals surface area contributed by atoms with Crippen molar-refractivity contribution in [3.05, 3.63) is 35.1 Å². The third-order valence-corrected chi connectivity index (χ3v) is 4.40. The molecule has 0 atom stereocenters. The molecule has 0 amide bonds. The van der Waals surface area contributed by atoms with Crippen molar-refractivity contribution in [1.82, 2.24) is 20.1 Å². The fraction of sp³-hybridized carbons (Fsp3) is 0.533. The van der Waals surface area contributed by atoms with Crippen LogP contribution in [0.5, 0.6) is 0 Å². The summed E-state index contributed by atoms with van der Waals surface area (Å²) < 4.78 is 5.73. The van der Waals surface area contributed by atoms with Gasteiger partial charge in [0.25, 0.3) is 0 Å². The van der Waals surface area contributed by atoms with E-state index in [0.717, 1.165) is 50.3 Å². The first-order valence-corrected chi connectivity index (χ1v) is 8.07. The Balaban J connectivity index is 1.32. The predicted molar refractivity (Wildman–Crippen MR) is 83.0 cm³/mol. The molecule has 2 aromatic heterocycles. The summed E-state index contributed by atoms with van der Waals surface area (Å²) >= 11 is 5.88. The number of hydrogen-bond acceptors (Lipinski definition) is 6. The van der Waals surface area contributed by atoms with E-state index in [-0.39, 0.29) is 0 Å². The highest BCUT2D eigenvalue weighted by molar-refractivity contribution is 6.30. The van der Waals surface area contributed by atoms with E-state index in [2.05, 4.69) is 25.0 Å².